The summed E-state index contributed by atoms with van der Waals surface area (Å²) in [4.78, 5) is 15.8. The monoisotopic (exact) mass is 307 g/mol. The minimum Gasteiger partial charge on any atom is -0.393 e. The molecule has 1 aromatic heterocycles. The van der Waals surface area contributed by atoms with Crippen molar-refractivity contribution in [1.29, 1.82) is 0 Å². The van der Waals surface area contributed by atoms with Crippen LogP contribution < -0.4 is 0 Å². The Bertz CT molecular complexity index is 473. The maximum atomic E-state index is 12.6. The molecule has 1 amide bonds. The molecule has 0 unspecified atom stereocenters. The zero-order chi connectivity index (χ0) is 14.8. The van der Waals surface area contributed by atoms with Gasteiger partial charge in [0.15, 0.2) is 0 Å². The first-order chi connectivity index (χ1) is 10.1. The van der Waals surface area contributed by atoms with Gasteiger partial charge in [-0.1, -0.05) is 13.0 Å². The second-order valence-corrected chi connectivity index (χ2v) is 7.73. The summed E-state index contributed by atoms with van der Waals surface area (Å²) in [7, 11) is 0. The highest BCUT2D eigenvalue weighted by atomic mass is 32.1. The summed E-state index contributed by atoms with van der Waals surface area (Å²) in [6.07, 6.45) is 5.52. The van der Waals surface area contributed by atoms with Crippen LogP contribution in [-0.2, 0) is 11.2 Å². The first kappa shape index (κ1) is 15.0. The maximum absolute atomic E-state index is 12.6. The molecule has 3 nitrogen and oxygen atoms in total. The molecular formula is C17H25NO2S. The molecule has 1 aliphatic carbocycles. The van der Waals surface area contributed by atoms with E-state index in [9.17, 15) is 9.90 Å². The quantitative estimate of drug-likeness (QED) is 0.932. The molecule has 2 aliphatic rings. The summed E-state index contributed by atoms with van der Waals surface area (Å²) < 4.78 is 0. The van der Waals surface area contributed by atoms with E-state index in [1.54, 1.807) is 11.3 Å². The summed E-state index contributed by atoms with van der Waals surface area (Å²) in [6, 6.07) is 4.29. The van der Waals surface area contributed by atoms with E-state index in [0.29, 0.717) is 12.3 Å². The molecule has 1 aliphatic heterocycles. The molecule has 0 spiro atoms. The Morgan fingerprint density at radius 1 is 1.43 bits per heavy atom. The topological polar surface area (TPSA) is 40.5 Å². The fraction of sp³-hybridized carbons (Fsp3) is 0.706. The Labute approximate surface area is 131 Å². The van der Waals surface area contributed by atoms with Crippen molar-refractivity contribution in [2.45, 2.75) is 57.6 Å². The van der Waals surface area contributed by atoms with Crippen molar-refractivity contribution in [3.8, 4) is 0 Å². The first-order valence-electron chi connectivity index (χ1n) is 8.15. The van der Waals surface area contributed by atoms with Gasteiger partial charge >= 0.3 is 0 Å². The summed E-state index contributed by atoms with van der Waals surface area (Å²) >= 11 is 1.65. The largest absolute Gasteiger partial charge is 0.393 e. The fourth-order valence-electron chi connectivity index (χ4n) is 4.03. The van der Waals surface area contributed by atoms with Gasteiger partial charge in [-0.25, -0.2) is 0 Å². The molecule has 116 valence electrons. The van der Waals surface area contributed by atoms with Crippen LogP contribution in [0.25, 0.3) is 0 Å². The number of hydrogen-bond donors (Lipinski definition) is 1. The molecule has 1 saturated carbocycles. The van der Waals surface area contributed by atoms with Gasteiger partial charge in [0.1, 0.15) is 0 Å². The average Bonchev–Trinajstić information content (AvgIpc) is 3.12. The Morgan fingerprint density at radius 2 is 2.29 bits per heavy atom. The number of likely N-dealkylation sites (tertiary alicyclic amines) is 1. The van der Waals surface area contributed by atoms with Gasteiger partial charge in [-0.15, -0.1) is 11.3 Å². The third-order valence-electron chi connectivity index (χ3n) is 5.14. The standard InChI is InChI=1S/C17H25NO2S/c1-12-6-7-16(19)14(10-12)15-5-2-8-18(15)17(20)11-13-4-3-9-21-13/h3-4,9,12,14-16,19H,2,5-8,10-11H2,1H3/t12-,14+,15+,16+/m1/s1. The van der Waals surface area contributed by atoms with Crippen LogP contribution in [0.1, 0.15) is 43.9 Å². The van der Waals surface area contributed by atoms with Crippen LogP contribution in [0.3, 0.4) is 0 Å². The van der Waals surface area contributed by atoms with Crippen molar-refractivity contribution in [2.24, 2.45) is 11.8 Å². The molecule has 0 bridgehead atoms. The number of hydrogen-bond acceptors (Lipinski definition) is 3. The predicted octanol–water partition coefficient (Wildman–Crippen LogP) is 3.08. The molecule has 2 fully saturated rings. The predicted molar refractivity (Wildman–Crippen MR) is 85.3 cm³/mol. The van der Waals surface area contributed by atoms with Crippen LogP contribution in [0.15, 0.2) is 17.5 Å². The van der Waals surface area contributed by atoms with Crippen molar-refractivity contribution >= 4 is 17.2 Å². The van der Waals surface area contributed by atoms with Gasteiger partial charge in [0.05, 0.1) is 12.5 Å². The minimum atomic E-state index is -0.221. The number of aliphatic hydroxyl groups is 1. The van der Waals surface area contributed by atoms with Crippen LogP contribution in [0.2, 0.25) is 0 Å². The van der Waals surface area contributed by atoms with Gasteiger partial charge in [-0.2, -0.15) is 0 Å². The van der Waals surface area contributed by atoms with E-state index in [-0.39, 0.29) is 24.0 Å². The number of carbonyl (C=O) groups is 1. The number of aliphatic hydroxyl groups excluding tert-OH is 1. The second kappa shape index (κ2) is 6.49. The Balaban J connectivity index is 1.68. The van der Waals surface area contributed by atoms with Crippen LogP contribution in [0.5, 0.6) is 0 Å². The molecule has 0 radical (unpaired) electrons. The summed E-state index contributed by atoms with van der Waals surface area (Å²) in [5.41, 5.74) is 0. The third-order valence-corrected chi connectivity index (χ3v) is 6.02. The van der Waals surface area contributed by atoms with E-state index in [2.05, 4.69) is 11.8 Å². The molecule has 4 heteroatoms. The first-order valence-corrected chi connectivity index (χ1v) is 9.03. The van der Waals surface area contributed by atoms with Crippen molar-refractivity contribution in [1.82, 2.24) is 4.90 Å². The number of nitrogens with zero attached hydrogens (tertiary/aromatic N) is 1. The molecule has 21 heavy (non-hydrogen) atoms. The molecule has 1 N–H and O–H groups in total. The number of amides is 1. The van der Waals surface area contributed by atoms with E-state index >= 15 is 0 Å². The Hall–Kier alpha value is -0.870. The van der Waals surface area contributed by atoms with Crippen LogP contribution in [0, 0.1) is 11.8 Å². The molecular weight excluding hydrogens is 282 g/mol. The summed E-state index contributed by atoms with van der Waals surface area (Å²) in [5.74, 6) is 1.20. The van der Waals surface area contributed by atoms with Gasteiger partial charge < -0.3 is 10.0 Å². The molecule has 2 heterocycles. The zero-order valence-electron chi connectivity index (χ0n) is 12.7. The van der Waals surface area contributed by atoms with Crippen molar-refractivity contribution in [2.75, 3.05) is 6.54 Å². The average molecular weight is 307 g/mol. The Kier molecular flexibility index (Phi) is 4.65. The number of rotatable bonds is 3. The van der Waals surface area contributed by atoms with Crippen LogP contribution >= 0.6 is 11.3 Å². The summed E-state index contributed by atoms with van der Waals surface area (Å²) in [5, 5.41) is 12.4. The highest BCUT2D eigenvalue weighted by Gasteiger charge is 2.40. The van der Waals surface area contributed by atoms with Crippen molar-refractivity contribution in [3.63, 3.8) is 0 Å². The fourth-order valence-corrected chi connectivity index (χ4v) is 4.73. The SMILES string of the molecule is C[C@@H]1CC[C@H](O)[C@H]([C@@H]2CCCN2C(=O)Cc2cccs2)C1. The number of carbonyl (C=O) groups excluding carboxylic acids is 1. The zero-order valence-corrected chi connectivity index (χ0v) is 13.5. The Morgan fingerprint density at radius 3 is 3.05 bits per heavy atom. The lowest BCUT2D eigenvalue weighted by molar-refractivity contribution is -0.133. The smallest absolute Gasteiger partial charge is 0.228 e. The molecule has 1 saturated heterocycles. The van der Waals surface area contributed by atoms with Gasteiger partial charge in [0.2, 0.25) is 5.91 Å². The van der Waals surface area contributed by atoms with Gasteiger partial charge in [0.25, 0.3) is 0 Å². The van der Waals surface area contributed by atoms with E-state index in [1.165, 1.54) is 0 Å². The highest BCUT2D eigenvalue weighted by Crippen LogP contribution is 2.37. The lowest BCUT2D eigenvalue weighted by atomic mass is 9.76. The van der Waals surface area contributed by atoms with Crippen LogP contribution in [-0.4, -0.2) is 34.6 Å². The van der Waals surface area contributed by atoms with E-state index < -0.39 is 0 Å². The maximum Gasteiger partial charge on any atom is 0.228 e. The lowest BCUT2D eigenvalue weighted by Crippen LogP contribution is -2.46. The summed E-state index contributed by atoms with van der Waals surface area (Å²) in [6.45, 7) is 3.14. The van der Waals surface area contributed by atoms with Crippen molar-refractivity contribution < 1.29 is 9.90 Å². The van der Waals surface area contributed by atoms with E-state index in [0.717, 1.165) is 43.5 Å². The van der Waals surface area contributed by atoms with Crippen molar-refractivity contribution in [3.05, 3.63) is 22.4 Å². The molecule has 0 aromatic carbocycles. The second-order valence-electron chi connectivity index (χ2n) is 6.70. The van der Waals surface area contributed by atoms with E-state index in [4.69, 9.17) is 0 Å². The lowest BCUT2D eigenvalue weighted by Gasteiger charge is -2.39. The van der Waals surface area contributed by atoms with Gasteiger partial charge in [-0.3, -0.25) is 4.79 Å². The van der Waals surface area contributed by atoms with Crippen LogP contribution in [0.4, 0.5) is 0 Å². The molecule has 1 aromatic rings. The van der Waals surface area contributed by atoms with Gasteiger partial charge in [-0.05, 0) is 49.5 Å². The minimum absolute atomic E-state index is 0.221. The normalized spacial score (nSPS) is 33.3. The highest BCUT2D eigenvalue weighted by molar-refractivity contribution is 7.10. The molecule has 4 atom stereocenters. The van der Waals surface area contributed by atoms with E-state index in [1.807, 2.05) is 17.5 Å². The third kappa shape index (κ3) is 3.32. The van der Waals surface area contributed by atoms with Gasteiger partial charge in [0, 0.05) is 23.4 Å². The molecule has 3 rings (SSSR count). The number of thiophene rings is 1.